The summed E-state index contributed by atoms with van der Waals surface area (Å²) in [5.74, 6) is 5.05. The van der Waals surface area contributed by atoms with Gasteiger partial charge in [0.2, 0.25) is 0 Å². The van der Waals surface area contributed by atoms with E-state index in [9.17, 15) is 4.79 Å². The molecule has 0 aliphatic heterocycles. The molecule has 0 fully saturated rings. The van der Waals surface area contributed by atoms with Crippen LogP contribution >= 0.6 is 0 Å². The molecule has 1 rings (SSSR count). The zero-order chi connectivity index (χ0) is 9.68. The Bertz CT molecular complexity index is 369. The van der Waals surface area contributed by atoms with Gasteiger partial charge in [-0.1, -0.05) is 18.1 Å². The van der Waals surface area contributed by atoms with Crippen molar-refractivity contribution in [3.05, 3.63) is 34.9 Å². The molecule has 0 saturated carbocycles. The second-order valence-corrected chi connectivity index (χ2v) is 2.63. The minimum absolute atomic E-state index is 0.00242. The molecule has 0 atom stereocenters. The number of aldehydes is 1. The molecule has 13 heavy (non-hydrogen) atoms. The summed E-state index contributed by atoms with van der Waals surface area (Å²) in [4.78, 5) is 10.0. The molecular formula is C11H10O2. The smallest absolute Gasteiger partial charge is 0.193 e. The van der Waals surface area contributed by atoms with E-state index < -0.39 is 0 Å². The van der Waals surface area contributed by atoms with Crippen LogP contribution in [0.2, 0.25) is 0 Å². The van der Waals surface area contributed by atoms with Gasteiger partial charge in [-0.3, -0.25) is 4.79 Å². The van der Waals surface area contributed by atoms with Crippen molar-refractivity contribution in [1.82, 2.24) is 0 Å². The molecule has 0 saturated heterocycles. The van der Waals surface area contributed by atoms with Crippen LogP contribution in [-0.2, 0) is 11.4 Å². The van der Waals surface area contributed by atoms with Crippen molar-refractivity contribution in [3.8, 4) is 11.8 Å². The fourth-order valence-electron chi connectivity index (χ4n) is 1.10. The first kappa shape index (κ1) is 9.50. The van der Waals surface area contributed by atoms with E-state index in [1.165, 1.54) is 0 Å². The molecule has 0 unspecified atom stereocenters. The summed E-state index contributed by atoms with van der Waals surface area (Å²) in [5, 5.41) is 8.95. The van der Waals surface area contributed by atoms with Gasteiger partial charge in [0.1, 0.15) is 0 Å². The van der Waals surface area contributed by atoms with Gasteiger partial charge in [0.05, 0.1) is 6.61 Å². The highest BCUT2D eigenvalue weighted by molar-refractivity contribution is 5.74. The second-order valence-electron chi connectivity index (χ2n) is 2.63. The molecule has 0 radical (unpaired) electrons. The predicted octanol–water partition coefficient (Wildman–Crippen LogP) is 1.04. The Morgan fingerprint density at radius 2 is 2.31 bits per heavy atom. The van der Waals surface area contributed by atoms with Gasteiger partial charge in [0, 0.05) is 5.56 Å². The maximum Gasteiger partial charge on any atom is 0.193 e. The zero-order valence-corrected chi connectivity index (χ0v) is 7.37. The van der Waals surface area contributed by atoms with Crippen molar-refractivity contribution in [2.24, 2.45) is 0 Å². The van der Waals surface area contributed by atoms with E-state index in [1.54, 1.807) is 0 Å². The largest absolute Gasteiger partial charge is 0.392 e. The number of aliphatic hydroxyl groups is 1. The Labute approximate surface area is 77.2 Å². The summed E-state index contributed by atoms with van der Waals surface area (Å²) in [7, 11) is 0. The molecule has 2 heteroatoms. The highest BCUT2D eigenvalue weighted by Crippen LogP contribution is 2.12. The lowest BCUT2D eigenvalue weighted by Crippen LogP contribution is -1.91. The minimum Gasteiger partial charge on any atom is -0.392 e. The van der Waals surface area contributed by atoms with Gasteiger partial charge in [-0.2, -0.15) is 0 Å². The van der Waals surface area contributed by atoms with Crippen molar-refractivity contribution < 1.29 is 9.90 Å². The molecule has 0 aliphatic rings. The normalized spacial score (nSPS) is 8.77. The topological polar surface area (TPSA) is 37.3 Å². The lowest BCUT2D eigenvalue weighted by atomic mass is 10.0. The third-order valence-corrected chi connectivity index (χ3v) is 1.88. The standard InChI is InChI=1S/C11H10O2/c1-9-10(6-3-7-12)4-2-5-11(9)8-13/h2,4-5,7,13H,8H2,1H3. The molecule has 66 valence electrons. The lowest BCUT2D eigenvalue weighted by Gasteiger charge is -2.03. The summed E-state index contributed by atoms with van der Waals surface area (Å²) in [5.41, 5.74) is 2.57. The van der Waals surface area contributed by atoms with Gasteiger partial charge in [-0.15, -0.1) is 0 Å². The molecule has 0 spiro atoms. The number of hydrogen-bond acceptors (Lipinski definition) is 2. The summed E-state index contributed by atoms with van der Waals surface area (Å²) in [6, 6.07) is 5.47. The van der Waals surface area contributed by atoms with Gasteiger partial charge < -0.3 is 5.11 Å². The van der Waals surface area contributed by atoms with Crippen LogP contribution < -0.4 is 0 Å². The number of hydrogen-bond donors (Lipinski definition) is 1. The number of rotatable bonds is 1. The fourth-order valence-corrected chi connectivity index (χ4v) is 1.10. The van der Waals surface area contributed by atoms with Crippen LogP contribution in [0.4, 0.5) is 0 Å². The van der Waals surface area contributed by atoms with Crippen molar-refractivity contribution in [3.63, 3.8) is 0 Å². The molecule has 0 heterocycles. The first-order valence-electron chi connectivity index (χ1n) is 3.94. The average molecular weight is 174 g/mol. The predicted molar refractivity (Wildman–Crippen MR) is 50.0 cm³/mol. The number of carbonyl (C=O) groups excluding carboxylic acids is 1. The first-order chi connectivity index (χ1) is 6.29. The maximum atomic E-state index is 10.0. The molecule has 1 aromatic rings. The minimum atomic E-state index is 0.00242. The Hall–Kier alpha value is -1.59. The summed E-state index contributed by atoms with van der Waals surface area (Å²) in [6.45, 7) is 1.88. The quantitative estimate of drug-likeness (QED) is 0.510. The van der Waals surface area contributed by atoms with Gasteiger partial charge in [-0.25, -0.2) is 0 Å². The Balaban J connectivity index is 3.15. The van der Waals surface area contributed by atoms with Crippen LogP contribution in [0.15, 0.2) is 18.2 Å². The third-order valence-electron chi connectivity index (χ3n) is 1.88. The lowest BCUT2D eigenvalue weighted by molar-refractivity contribution is -0.103. The van der Waals surface area contributed by atoms with Crippen LogP contribution in [-0.4, -0.2) is 11.4 Å². The van der Waals surface area contributed by atoms with Gasteiger partial charge >= 0.3 is 0 Å². The highest BCUT2D eigenvalue weighted by Gasteiger charge is 1.99. The van der Waals surface area contributed by atoms with Crippen LogP contribution in [0.1, 0.15) is 16.7 Å². The van der Waals surface area contributed by atoms with Crippen molar-refractivity contribution in [2.75, 3.05) is 0 Å². The molecule has 1 aromatic carbocycles. The van der Waals surface area contributed by atoms with E-state index in [4.69, 9.17) is 5.11 Å². The second kappa shape index (κ2) is 4.44. The molecule has 0 bridgehead atoms. The number of benzene rings is 1. The van der Waals surface area contributed by atoms with E-state index in [0.717, 1.165) is 16.7 Å². The molecule has 0 amide bonds. The van der Waals surface area contributed by atoms with Crippen molar-refractivity contribution in [2.45, 2.75) is 13.5 Å². The van der Waals surface area contributed by atoms with E-state index in [2.05, 4.69) is 11.8 Å². The maximum absolute atomic E-state index is 10.0. The SMILES string of the molecule is Cc1c(C#CC=O)cccc1CO. The van der Waals surface area contributed by atoms with Crippen molar-refractivity contribution >= 4 is 6.29 Å². The van der Waals surface area contributed by atoms with Crippen LogP contribution in [0.5, 0.6) is 0 Å². The van der Waals surface area contributed by atoms with E-state index in [0.29, 0.717) is 6.29 Å². The molecule has 0 aromatic heterocycles. The summed E-state index contributed by atoms with van der Waals surface area (Å²) in [6.07, 6.45) is 0.561. The molecule has 1 N–H and O–H groups in total. The van der Waals surface area contributed by atoms with Crippen molar-refractivity contribution in [1.29, 1.82) is 0 Å². The average Bonchev–Trinajstić information content (AvgIpc) is 2.16. The van der Waals surface area contributed by atoms with Crippen LogP contribution in [0.3, 0.4) is 0 Å². The van der Waals surface area contributed by atoms with E-state index in [-0.39, 0.29) is 6.61 Å². The Morgan fingerprint density at radius 3 is 2.92 bits per heavy atom. The molecular weight excluding hydrogens is 164 g/mol. The summed E-state index contributed by atoms with van der Waals surface area (Å²) < 4.78 is 0. The summed E-state index contributed by atoms with van der Waals surface area (Å²) >= 11 is 0. The van der Waals surface area contributed by atoms with Gasteiger partial charge in [-0.05, 0) is 30.0 Å². The molecule has 0 aliphatic carbocycles. The Morgan fingerprint density at radius 1 is 1.54 bits per heavy atom. The van der Waals surface area contributed by atoms with Crippen LogP contribution in [0, 0.1) is 18.8 Å². The number of aliphatic hydroxyl groups excluding tert-OH is 1. The first-order valence-corrected chi connectivity index (χ1v) is 3.94. The van der Waals surface area contributed by atoms with Gasteiger partial charge in [0.15, 0.2) is 6.29 Å². The number of carbonyl (C=O) groups is 1. The monoisotopic (exact) mass is 174 g/mol. The van der Waals surface area contributed by atoms with E-state index >= 15 is 0 Å². The van der Waals surface area contributed by atoms with E-state index in [1.807, 2.05) is 25.1 Å². The third kappa shape index (κ3) is 2.17. The van der Waals surface area contributed by atoms with Gasteiger partial charge in [0.25, 0.3) is 0 Å². The Kier molecular flexibility index (Phi) is 3.24. The van der Waals surface area contributed by atoms with Crippen LogP contribution in [0.25, 0.3) is 0 Å². The molecule has 2 nitrogen and oxygen atoms in total. The fraction of sp³-hybridized carbons (Fsp3) is 0.182. The highest BCUT2D eigenvalue weighted by atomic mass is 16.3. The zero-order valence-electron chi connectivity index (χ0n) is 7.37.